The van der Waals surface area contributed by atoms with E-state index in [-0.39, 0.29) is 5.91 Å². The first-order valence-corrected chi connectivity index (χ1v) is 8.69. The van der Waals surface area contributed by atoms with Crippen LogP contribution in [0.2, 0.25) is 0 Å². The molecule has 1 aromatic carbocycles. The Morgan fingerprint density at radius 2 is 2.12 bits per heavy atom. The van der Waals surface area contributed by atoms with E-state index in [0.29, 0.717) is 25.3 Å². The van der Waals surface area contributed by atoms with E-state index in [0.717, 1.165) is 35.4 Å². The average Bonchev–Trinajstić information content (AvgIpc) is 3.07. The monoisotopic (exact) mass is 351 g/mol. The number of amides is 1. The van der Waals surface area contributed by atoms with Gasteiger partial charge in [0.25, 0.3) is 5.91 Å². The predicted octanol–water partition coefficient (Wildman–Crippen LogP) is 1.73. The number of hydrogen-bond acceptors (Lipinski definition) is 5. The molecular weight excluding hydrogens is 330 g/mol. The zero-order chi connectivity index (χ0) is 17.9. The van der Waals surface area contributed by atoms with Crippen LogP contribution in [-0.4, -0.2) is 47.0 Å². The van der Waals surface area contributed by atoms with Crippen molar-refractivity contribution >= 4 is 22.6 Å². The molecule has 3 heterocycles. The quantitative estimate of drug-likeness (QED) is 0.775. The number of pyridine rings is 1. The van der Waals surface area contributed by atoms with Crippen LogP contribution >= 0.6 is 0 Å². The highest BCUT2D eigenvalue weighted by Crippen LogP contribution is 2.19. The molecule has 1 N–H and O–H groups in total. The molecule has 7 heteroatoms. The summed E-state index contributed by atoms with van der Waals surface area (Å²) >= 11 is 0. The second kappa shape index (κ2) is 7.13. The van der Waals surface area contributed by atoms with Crippen LogP contribution in [0.4, 0.5) is 5.82 Å². The topological polar surface area (TPSA) is 72.3 Å². The second-order valence-corrected chi connectivity index (χ2v) is 6.32. The number of rotatable bonds is 4. The first-order valence-electron chi connectivity index (χ1n) is 8.69. The smallest absolute Gasteiger partial charge is 0.255 e. The molecule has 134 valence electrons. The summed E-state index contributed by atoms with van der Waals surface area (Å²) < 4.78 is 7.22. The minimum absolute atomic E-state index is 0.121. The van der Waals surface area contributed by atoms with Gasteiger partial charge in [-0.15, -0.1) is 0 Å². The first-order chi connectivity index (χ1) is 12.7. The van der Waals surface area contributed by atoms with Crippen LogP contribution < -0.4 is 10.2 Å². The molecule has 26 heavy (non-hydrogen) atoms. The number of ether oxygens (including phenoxy) is 1. The summed E-state index contributed by atoms with van der Waals surface area (Å²) in [6.07, 6.45) is 3.56. The highest BCUT2D eigenvalue weighted by atomic mass is 16.5. The molecule has 1 aliphatic rings. The average molecular weight is 351 g/mol. The molecule has 0 saturated carbocycles. The number of nitrogens with zero attached hydrogens (tertiary/aromatic N) is 4. The number of carbonyl (C=O) groups is 1. The molecule has 1 fully saturated rings. The van der Waals surface area contributed by atoms with Gasteiger partial charge in [-0.2, -0.15) is 5.10 Å². The maximum absolute atomic E-state index is 12.7. The number of hydrogen-bond donors (Lipinski definition) is 1. The Morgan fingerprint density at radius 1 is 1.27 bits per heavy atom. The maximum atomic E-state index is 12.7. The zero-order valence-electron chi connectivity index (χ0n) is 14.7. The fraction of sp³-hybridized carbons (Fsp3) is 0.316. The van der Waals surface area contributed by atoms with E-state index < -0.39 is 0 Å². The lowest BCUT2D eigenvalue weighted by Crippen LogP contribution is -2.38. The Morgan fingerprint density at radius 3 is 2.96 bits per heavy atom. The number of anilines is 1. The minimum atomic E-state index is -0.121. The van der Waals surface area contributed by atoms with Gasteiger partial charge in [0.2, 0.25) is 0 Å². The van der Waals surface area contributed by atoms with Gasteiger partial charge < -0.3 is 15.0 Å². The van der Waals surface area contributed by atoms with Crippen molar-refractivity contribution in [3.63, 3.8) is 0 Å². The standard InChI is InChI=1S/C19H21N5O2/c1-23-17-11-14(4-5-15(17)13-22-23)12-21-19(25)16-3-2-6-20-18(16)24-7-9-26-10-8-24/h2-6,11,13H,7-10,12H2,1H3,(H,21,25). The third-order valence-electron chi connectivity index (χ3n) is 4.61. The molecule has 0 spiro atoms. The molecule has 0 radical (unpaired) electrons. The minimum Gasteiger partial charge on any atom is -0.378 e. The number of aromatic nitrogens is 3. The summed E-state index contributed by atoms with van der Waals surface area (Å²) in [5.74, 6) is 0.597. The van der Waals surface area contributed by atoms with Crippen molar-refractivity contribution in [3.05, 3.63) is 53.9 Å². The number of carbonyl (C=O) groups excluding carboxylic acids is 1. The molecule has 1 amide bonds. The van der Waals surface area contributed by atoms with Crippen molar-refractivity contribution in [2.24, 2.45) is 7.05 Å². The molecule has 7 nitrogen and oxygen atoms in total. The molecule has 1 saturated heterocycles. The highest BCUT2D eigenvalue weighted by molar-refractivity contribution is 5.98. The number of fused-ring (bicyclic) bond motifs is 1. The van der Waals surface area contributed by atoms with E-state index in [2.05, 4.69) is 26.4 Å². The molecule has 0 bridgehead atoms. The Labute approximate surface area is 151 Å². The summed E-state index contributed by atoms with van der Waals surface area (Å²) in [5, 5.41) is 8.34. The second-order valence-electron chi connectivity index (χ2n) is 6.32. The molecule has 0 atom stereocenters. The predicted molar refractivity (Wildman–Crippen MR) is 99.2 cm³/mol. The van der Waals surface area contributed by atoms with Gasteiger partial charge in [-0.05, 0) is 23.8 Å². The lowest BCUT2D eigenvalue weighted by Gasteiger charge is -2.29. The van der Waals surface area contributed by atoms with Crippen LogP contribution in [-0.2, 0) is 18.3 Å². The highest BCUT2D eigenvalue weighted by Gasteiger charge is 2.19. The Hall–Kier alpha value is -2.93. The number of benzene rings is 1. The number of morpholine rings is 1. The van der Waals surface area contributed by atoms with Gasteiger partial charge in [0.15, 0.2) is 0 Å². The van der Waals surface area contributed by atoms with Gasteiger partial charge in [0, 0.05) is 38.3 Å². The van der Waals surface area contributed by atoms with Gasteiger partial charge >= 0.3 is 0 Å². The zero-order valence-corrected chi connectivity index (χ0v) is 14.7. The van der Waals surface area contributed by atoms with Crippen LogP contribution in [0, 0.1) is 0 Å². The Bertz CT molecular complexity index is 931. The third kappa shape index (κ3) is 3.25. The van der Waals surface area contributed by atoms with Crippen LogP contribution in [0.3, 0.4) is 0 Å². The van der Waals surface area contributed by atoms with Gasteiger partial charge in [-0.1, -0.05) is 12.1 Å². The van der Waals surface area contributed by atoms with Crippen LogP contribution in [0.1, 0.15) is 15.9 Å². The Balaban J connectivity index is 1.50. The van der Waals surface area contributed by atoms with E-state index in [1.165, 1.54) is 0 Å². The molecule has 0 aliphatic carbocycles. The van der Waals surface area contributed by atoms with Gasteiger partial charge in [0.1, 0.15) is 5.82 Å². The maximum Gasteiger partial charge on any atom is 0.255 e. The molecule has 3 aromatic rings. The lowest BCUT2D eigenvalue weighted by atomic mass is 10.1. The molecule has 2 aromatic heterocycles. The van der Waals surface area contributed by atoms with Crippen molar-refractivity contribution in [1.29, 1.82) is 0 Å². The molecule has 4 rings (SSSR count). The summed E-state index contributed by atoms with van der Waals surface area (Å²) in [6.45, 7) is 3.25. The fourth-order valence-electron chi connectivity index (χ4n) is 3.18. The molecular formula is C19H21N5O2. The summed E-state index contributed by atoms with van der Waals surface area (Å²) in [7, 11) is 1.91. The number of aryl methyl sites for hydroxylation is 1. The van der Waals surface area contributed by atoms with Crippen molar-refractivity contribution in [1.82, 2.24) is 20.1 Å². The first kappa shape index (κ1) is 16.5. The summed E-state index contributed by atoms with van der Waals surface area (Å²) in [5.41, 5.74) is 2.68. The third-order valence-corrected chi connectivity index (χ3v) is 4.61. The number of nitrogens with one attached hydrogen (secondary N) is 1. The largest absolute Gasteiger partial charge is 0.378 e. The Kier molecular flexibility index (Phi) is 4.53. The normalized spacial score (nSPS) is 14.6. The van der Waals surface area contributed by atoms with Crippen molar-refractivity contribution < 1.29 is 9.53 Å². The van der Waals surface area contributed by atoms with Crippen LogP contribution in [0.5, 0.6) is 0 Å². The lowest BCUT2D eigenvalue weighted by molar-refractivity contribution is 0.0949. The summed E-state index contributed by atoms with van der Waals surface area (Å²) in [4.78, 5) is 19.3. The van der Waals surface area contributed by atoms with Crippen molar-refractivity contribution in [2.45, 2.75) is 6.54 Å². The van der Waals surface area contributed by atoms with Crippen molar-refractivity contribution in [2.75, 3.05) is 31.2 Å². The fourth-order valence-corrected chi connectivity index (χ4v) is 3.18. The van der Waals surface area contributed by atoms with E-state index >= 15 is 0 Å². The van der Waals surface area contributed by atoms with Gasteiger partial charge in [0.05, 0.1) is 30.5 Å². The van der Waals surface area contributed by atoms with E-state index in [4.69, 9.17) is 4.74 Å². The SMILES string of the molecule is Cn1ncc2ccc(CNC(=O)c3cccnc3N3CCOCC3)cc21. The molecule has 0 unspecified atom stereocenters. The summed E-state index contributed by atoms with van der Waals surface area (Å²) in [6, 6.07) is 9.69. The molecule has 1 aliphatic heterocycles. The van der Waals surface area contributed by atoms with Crippen LogP contribution in [0.25, 0.3) is 10.9 Å². The van der Waals surface area contributed by atoms with Crippen molar-refractivity contribution in [3.8, 4) is 0 Å². The van der Waals surface area contributed by atoms with Gasteiger partial charge in [-0.3, -0.25) is 9.48 Å². The van der Waals surface area contributed by atoms with Gasteiger partial charge in [-0.25, -0.2) is 4.98 Å². The van der Waals surface area contributed by atoms with E-state index in [1.54, 1.807) is 12.3 Å². The van der Waals surface area contributed by atoms with E-state index in [1.807, 2.05) is 36.1 Å². The van der Waals surface area contributed by atoms with Crippen LogP contribution in [0.15, 0.2) is 42.7 Å². The van der Waals surface area contributed by atoms with E-state index in [9.17, 15) is 4.79 Å².